The molecule has 0 spiro atoms. The minimum atomic E-state index is -4.83. The summed E-state index contributed by atoms with van der Waals surface area (Å²) in [4.78, 5) is 11.5. The van der Waals surface area contributed by atoms with Crippen molar-refractivity contribution in [3.05, 3.63) is 69.2 Å². The van der Waals surface area contributed by atoms with Crippen molar-refractivity contribution >= 4 is 27.1 Å². The summed E-state index contributed by atoms with van der Waals surface area (Å²) in [7, 11) is -4.83. The Kier molecular flexibility index (Phi) is 6.13. The van der Waals surface area contributed by atoms with Gasteiger partial charge in [-0.05, 0) is 42.5 Å². The number of benzene rings is 1. The molecule has 0 radical (unpaired) electrons. The molecule has 0 saturated heterocycles. The van der Waals surface area contributed by atoms with Gasteiger partial charge in [0.25, 0.3) is 5.91 Å². The highest BCUT2D eigenvalue weighted by Gasteiger charge is 2.32. The van der Waals surface area contributed by atoms with Crippen molar-refractivity contribution < 1.29 is 22.0 Å². The van der Waals surface area contributed by atoms with Gasteiger partial charge in [-0.25, -0.2) is 8.42 Å². The molecule has 0 fully saturated rings. The van der Waals surface area contributed by atoms with Gasteiger partial charge in [-0.1, -0.05) is 24.3 Å². The third-order valence-electron chi connectivity index (χ3n) is 4.26. The second-order valence-corrected chi connectivity index (χ2v) is 9.31. The average Bonchev–Trinajstić information content (AvgIpc) is 3.27. The van der Waals surface area contributed by atoms with E-state index in [1.807, 2.05) is 48.9 Å². The molecule has 2 aromatic heterocycles. The summed E-state index contributed by atoms with van der Waals surface area (Å²) in [5.74, 6) is -4.28. The second kappa shape index (κ2) is 8.42. The lowest BCUT2D eigenvalue weighted by atomic mass is 10.1. The second-order valence-electron chi connectivity index (χ2n) is 6.51. The summed E-state index contributed by atoms with van der Waals surface area (Å²) in [5.41, 5.74) is 3.75. The molecule has 154 valence electrons. The number of amides is 1. The van der Waals surface area contributed by atoms with Crippen LogP contribution in [0.4, 0.5) is 8.78 Å². The van der Waals surface area contributed by atoms with E-state index in [-0.39, 0.29) is 11.4 Å². The minimum Gasteiger partial charge on any atom is -0.347 e. The van der Waals surface area contributed by atoms with Gasteiger partial charge in [0.15, 0.2) is 0 Å². The number of sulfone groups is 1. The van der Waals surface area contributed by atoms with Crippen LogP contribution in [0, 0.1) is 13.8 Å². The summed E-state index contributed by atoms with van der Waals surface area (Å²) in [5, 5.41) is 8.32. The van der Waals surface area contributed by atoms with Crippen molar-refractivity contribution in [3.8, 4) is 0 Å². The molecule has 0 aliphatic heterocycles. The van der Waals surface area contributed by atoms with Crippen LogP contribution in [0.5, 0.6) is 0 Å². The SMILES string of the molecule is Cc1cc(C)n(Cc2cccc(CNC(=O)c3sccc3S(=O)(=O)C(F)F)c2)n1. The molecule has 1 amide bonds. The highest BCUT2D eigenvalue weighted by molar-refractivity contribution is 7.92. The fraction of sp³-hybridized carbons (Fsp3) is 0.263. The van der Waals surface area contributed by atoms with E-state index < -0.39 is 26.4 Å². The molecular weight excluding hydrogens is 420 g/mol. The van der Waals surface area contributed by atoms with Gasteiger partial charge in [0.2, 0.25) is 9.84 Å². The van der Waals surface area contributed by atoms with Gasteiger partial charge >= 0.3 is 5.76 Å². The number of nitrogens with one attached hydrogen (secondary N) is 1. The lowest BCUT2D eigenvalue weighted by Gasteiger charge is -2.09. The number of hydrogen-bond acceptors (Lipinski definition) is 5. The van der Waals surface area contributed by atoms with Gasteiger partial charge in [0, 0.05) is 12.2 Å². The molecule has 0 atom stereocenters. The van der Waals surface area contributed by atoms with E-state index in [4.69, 9.17) is 0 Å². The molecule has 1 aromatic carbocycles. The molecule has 29 heavy (non-hydrogen) atoms. The highest BCUT2D eigenvalue weighted by Crippen LogP contribution is 2.26. The molecule has 3 rings (SSSR count). The fourth-order valence-corrected chi connectivity index (χ4v) is 4.97. The molecule has 6 nitrogen and oxygen atoms in total. The Labute approximate surface area is 171 Å². The average molecular weight is 440 g/mol. The van der Waals surface area contributed by atoms with Crippen LogP contribution in [0.15, 0.2) is 46.7 Å². The Hall–Kier alpha value is -2.59. The van der Waals surface area contributed by atoms with Crippen LogP contribution in [0.2, 0.25) is 0 Å². The van der Waals surface area contributed by atoms with Crippen molar-refractivity contribution in [3.63, 3.8) is 0 Å². The highest BCUT2D eigenvalue weighted by atomic mass is 32.2. The van der Waals surface area contributed by atoms with Crippen LogP contribution in [0.1, 0.15) is 32.2 Å². The third kappa shape index (κ3) is 4.70. The number of alkyl halides is 2. The topological polar surface area (TPSA) is 81.1 Å². The zero-order chi connectivity index (χ0) is 21.2. The normalized spacial score (nSPS) is 11.8. The van der Waals surface area contributed by atoms with Crippen LogP contribution < -0.4 is 5.32 Å². The van der Waals surface area contributed by atoms with E-state index >= 15 is 0 Å². The number of carbonyl (C=O) groups excluding carboxylic acids is 1. The van der Waals surface area contributed by atoms with Crippen molar-refractivity contribution in [2.75, 3.05) is 0 Å². The molecule has 2 heterocycles. The standard InChI is InChI=1S/C19H19F2N3O3S2/c1-12-8-13(2)24(23-12)11-15-5-3-4-14(9-15)10-22-18(25)17-16(6-7-28-17)29(26,27)19(20)21/h3-9,19H,10-11H2,1-2H3,(H,22,25). The van der Waals surface area contributed by atoms with Crippen LogP contribution >= 0.6 is 11.3 Å². The van der Waals surface area contributed by atoms with E-state index in [1.54, 1.807) is 0 Å². The first-order valence-electron chi connectivity index (χ1n) is 8.65. The number of thiophene rings is 1. The lowest BCUT2D eigenvalue weighted by molar-refractivity contribution is 0.0952. The number of carbonyl (C=O) groups is 1. The lowest BCUT2D eigenvalue weighted by Crippen LogP contribution is -2.24. The first-order chi connectivity index (χ1) is 13.7. The largest absolute Gasteiger partial charge is 0.347 e. The van der Waals surface area contributed by atoms with Gasteiger partial charge in [0.05, 0.1) is 17.1 Å². The first-order valence-corrected chi connectivity index (χ1v) is 11.1. The number of aromatic nitrogens is 2. The molecule has 1 N–H and O–H groups in total. The molecule has 0 aliphatic carbocycles. The maximum absolute atomic E-state index is 12.8. The van der Waals surface area contributed by atoms with Gasteiger partial charge in [-0.3, -0.25) is 9.48 Å². The Morgan fingerprint density at radius 3 is 2.59 bits per heavy atom. The maximum Gasteiger partial charge on any atom is 0.341 e. The Balaban J connectivity index is 1.71. The number of nitrogens with zero attached hydrogens (tertiary/aromatic N) is 2. The Bertz CT molecular complexity index is 1140. The van der Waals surface area contributed by atoms with Gasteiger partial charge in [-0.15, -0.1) is 11.3 Å². The van der Waals surface area contributed by atoms with E-state index in [0.717, 1.165) is 39.9 Å². The number of hydrogen-bond donors (Lipinski definition) is 1. The molecule has 0 aliphatic rings. The molecule has 0 bridgehead atoms. The van der Waals surface area contributed by atoms with E-state index in [1.165, 1.54) is 5.38 Å². The van der Waals surface area contributed by atoms with Crippen LogP contribution in [0.3, 0.4) is 0 Å². The zero-order valence-corrected chi connectivity index (χ0v) is 17.4. The van der Waals surface area contributed by atoms with Gasteiger partial charge < -0.3 is 5.32 Å². The predicted molar refractivity (Wildman–Crippen MR) is 106 cm³/mol. The van der Waals surface area contributed by atoms with Crippen LogP contribution in [-0.4, -0.2) is 29.9 Å². The summed E-state index contributed by atoms with van der Waals surface area (Å²) < 4.78 is 50.9. The van der Waals surface area contributed by atoms with E-state index in [0.29, 0.717) is 6.54 Å². The molecule has 10 heteroatoms. The zero-order valence-electron chi connectivity index (χ0n) is 15.7. The van der Waals surface area contributed by atoms with Crippen molar-refractivity contribution in [2.24, 2.45) is 0 Å². The monoisotopic (exact) mass is 439 g/mol. The van der Waals surface area contributed by atoms with E-state index in [9.17, 15) is 22.0 Å². The third-order valence-corrected chi connectivity index (χ3v) is 6.72. The molecule has 0 saturated carbocycles. The molecular formula is C19H19F2N3O3S2. The Morgan fingerprint density at radius 1 is 1.21 bits per heavy atom. The number of aryl methyl sites for hydroxylation is 2. The summed E-state index contributed by atoms with van der Waals surface area (Å²) in [6.45, 7) is 4.59. The number of halogens is 2. The van der Waals surface area contributed by atoms with Gasteiger partial charge in [-0.2, -0.15) is 13.9 Å². The van der Waals surface area contributed by atoms with Gasteiger partial charge in [0.1, 0.15) is 4.88 Å². The Morgan fingerprint density at radius 2 is 1.93 bits per heavy atom. The summed E-state index contributed by atoms with van der Waals surface area (Å²) in [6, 6.07) is 10.5. The van der Waals surface area contributed by atoms with Crippen LogP contribution in [0.25, 0.3) is 0 Å². The fourth-order valence-electron chi connectivity index (χ4n) is 2.89. The van der Waals surface area contributed by atoms with E-state index in [2.05, 4.69) is 10.4 Å². The molecule has 3 aromatic rings. The molecule has 0 unspecified atom stereocenters. The predicted octanol–water partition coefficient (Wildman–Crippen LogP) is 3.54. The smallest absolute Gasteiger partial charge is 0.341 e. The summed E-state index contributed by atoms with van der Waals surface area (Å²) in [6.07, 6.45) is 0. The van der Waals surface area contributed by atoms with Crippen molar-refractivity contribution in [1.82, 2.24) is 15.1 Å². The number of rotatable bonds is 7. The maximum atomic E-state index is 12.8. The minimum absolute atomic E-state index is 0.135. The van der Waals surface area contributed by atoms with Crippen molar-refractivity contribution in [2.45, 2.75) is 37.6 Å². The van der Waals surface area contributed by atoms with Crippen molar-refractivity contribution in [1.29, 1.82) is 0 Å². The quantitative estimate of drug-likeness (QED) is 0.611. The van der Waals surface area contributed by atoms with Crippen LogP contribution in [-0.2, 0) is 22.9 Å². The first kappa shape index (κ1) is 21.1. The summed E-state index contributed by atoms with van der Waals surface area (Å²) >= 11 is 0.810.